The van der Waals surface area contributed by atoms with Crippen LogP contribution >= 0.6 is 0 Å². The molecule has 4 heteroatoms. The largest absolute Gasteiger partial charge is 0.462 e. The molecule has 1 unspecified atom stereocenters. The van der Waals surface area contributed by atoms with E-state index < -0.39 is 0 Å². The van der Waals surface area contributed by atoms with Crippen LogP contribution in [0.3, 0.4) is 0 Å². The van der Waals surface area contributed by atoms with Crippen molar-refractivity contribution in [2.24, 2.45) is 0 Å². The smallest absolute Gasteiger partial charge is 0.293 e. The van der Waals surface area contributed by atoms with Crippen LogP contribution in [0.5, 0.6) is 0 Å². The summed E-state index contributed by atoms with van der Waals surface area (Å²) in [7, 11) is 1.97. The quantitative estimate of drug-likeness (QED) is 0.428. The van der Waals surface area contributed by atoms with E-state index in [1.807, 2.05) is 20.0 Å². The van der Waals surface area contributed by atoms with Crippen LogP contribution in [0.25, 0.3) is 0 Å². The predicted molar refractivity (Wildman–Crippen MR) is 57.2 cm³/mol. The Morgan fingerprint density at radius 3 is 2.86 bits per heavy atom. The Bertz CT molecular complexity index is 162. The highest BCUT2D eigenvalue weighted by molar-refractivity contribution is 5.37. The van der Waals surface area contributed by atoms with Crippen LogP contribution in [-0.2, 0) is 9.53 Å². The van der Waals surface area contributed by atoms with Gasteiger partial charge in [0.1, 0.15) is 6.10 Å². The number of carbonyl (C=O) groups excluding carboxylic acids is 1. The summed E-state index contributed by atoms with van der Waals surface area (Å²) in [4.78, 5) is 12.3. The van der Waals surface area contributed by atoms with Gasteiger partial charge in [-0.3, -0.25) is 9.69 Å². The minimum absolute atomic E-state index is 0.0857. The highest BCUT2D eigenvalue weighted by Gasteiger charge is 2.10. The molecule has 0 aliphatic rings. The van der Waals surface area contributed by atoms with E-state index in [1.165, 1.54) is 0 Å². The number of nitrogens with zero attached hydrogens (tertiary/aromatic N) is 1. The third-order valence-corrected chi connectivity index (χ3v) is 1.83. The van der Waals surface area contributed by atoms with Gasteiger partial charge in [-0.05, 0) is 13.6 Å². The summed E-state index contributed by atoms with van der Waals surface area (Å²) in [6, 6.07) is 0. The highest BCUT2D eigenvalue weighted by Crippen LogP contribution is 1.93. The van der Waals surface area contributed by atoms with E-state index in [0.29, 0.717) is 13.0 Å². The van der Waals surface area contributed by atoms with Crippen LogP contribution in [0.2, 0.25) is 0 Å². The summed E-state index contributed by atoms with van der Waals surface area (Å²) >= 11 is 0. The fourth-order valence-corrected chi connectivity index (χ4v) is 1.18. The van der Waals surface area contributed by atoms with Crippen molar-refractivity contribution in [1.82, 2.24) is 10.2 Å². The third-order valence-electron chi connectivity index (χ3n) is 1.83. The lowest BCUT2D eigenvalue weighted by molar-refractivity contribution is -0.134. The molecule has 0 saturated carbocycles. The Morgan fingerprint density at radius 1 is 1.64 bits per heavy atom. The molecular weight excluding hydrogens is 180 g/mol. The molecule has 0 spiro atoms. The molecule has 0 rings (SSSR count). The molecule has 82 valence electrons. The predicted octanol–water partition coefficient (Wildman–Crippen LogP) is 0.255. The first kappa shape index (κ1) is 13.1. The minimum atomic E-state index is -0.0857. The number of carbonyl (C=O) groups is 1. The molecule has 0 aromatic rings. The van der Waals surface area contributed by atoms with Crippen LogP contribution in [0, 0.1) is 0 Å². The van der Waals surface area contributed by atoms with Crippen LogP contribution in [-0.4, -0.2) is 50.7 Å². The minimum Gasteiger partial charge on any atom is -0.462 e. The number of rotatable bonds is 9. The molecule has 0 heterocycles. The lowest BCUT2D eigenvalue weighted by Crippen LogP contribution is -2.38. The Labute approximate surface area is 85.9 Å². The average molecular weight is 200 g/mol. The number of hydrogen-bond donors (Lipinski definition) is 1. The first-order chi connectivity index (χ1) is 6.74. The van der Waals surface area contributed by atoms with Gasteiger partial charge in [-0.15, -0.1) is 6.58 Å². The summed E-state index contributed by atoms with van der Waals surface area (Å²) in [5.74, 6) is 0. The highest BCUT2D eigenvalue weighted by atomic mass is 16.5. The number of nitrogens with one attached hydrogen (secondary N) is 1. The first-order valence-corrected chi connectivity index (χ1v) is 4.83. The molecule has 0 aromatic carbocycles. The van der Waals surface area contributed by atoms with Crippen molar-refractivity contribution in [2.45, 2.75) is 13.0 Å². The van der Waals surface area contributed by atoms with Crippen molar-refractivity contribution >= 4 is 6.47 Å². The fourth-order valence-electron chi connectivity index (χ4n) is 1.18. The molecule has 0 aliphatic carbocycles. The van der Waals surface area contributed by atoms with Crippen LogP contribution in [0.1, 0.15) is 6.92 Å². The van der Waals surface area contributed by atoms with E-state index in [1.54, 1.807) is 0 Å². The summed E-state index contributed by atoms with van der Waals surface area (Å²) in [5, 5.41) is 3.14. The van der Waals surface area contributed by atoms with Crippen molar-refractivity contribution in [3.63, 3.8) is 0 Å². The number of likely N-dealkylation sites (N-methyl/N-ethyl adjacent to an activating group) is 2. The van der Waals surface area contributed by atoms with E-state index in [4.69, 9.17) is 4.74 Å². The zero-order valence-corrected chi connectivity index (χ0v) is 9.03. The first-order valence-electron chi connectivity index (χ1n) is 4.83. The van der Waals surface area contributed by atoms with Gasteiger partial charge in [0.2, 0.25) is 0 Å². The van der Waals surface area contributed by atoms with Crippen LogP contribution in [0.4, 0.5) is 0 Å². The summed E-state index contributed by atoms with van der Waals surface area (Å²) in [6.45, 7) is 9.26. The van der Waals surface area contributed by atoms with Crippen LogP contribution in [0.15, 0.2) is 12.7 Å². The maximum absolute atomic E-state index is 10.2. The normalized spacial score (nSPS) is 12.5. The molecule has 0 saturated heterocycles. The monoisotopic (exact) mass is 200 g/mol. The van der Waals surface area contributed by atoms with Gasteiger partial charge in [-0.25, -0.2) is 0 Å². The van der Waals surface area contributed by atoms with Crippen molar-refractivity contribution < 1.29 is 9.53 Å². The van der Waals surface area contributed by atoms with E-state index in [-0.39, 0.29) is 6.10 Å². The van der Waals surface area contributed by atoms with Gasteiger partial charge < -0.3 is 10.1 Å². The van der Waals surface area contributed by atoms with Crippen molar-refractivity contribution in [3.05, 3.63) is 12.7 Å². The topological polar surface area (TPSA) is 41.6 Å². The molecule has 0 bridgehead atoms. The maximum atomic E-state index is 10.2. The third kappa shape index (κ3) is 6.62. The van der Waals surface area contributed by atoms with Crippen molar-refractivity contribution in [1.29, 1.82) is 0 Å². The fraction of sp³-hybridized carbons (Fsp3) is 0.700. The van der Waals surface area contributed by atoms with E-state index in [0.717, 1.165) is 19.6 Å². The second-order valence-corrected chi connectivity index (χ2v) is 3.17. The summed E-state index contributed by atoms with van der Waals surface area (Å²) in [5.41, 5.74) is 0. The molecule has 4 nitrogen and oxygen atoms in total. The molecule has 14 heavy (non-hydrogen) atoms. The standard InChI is InChI=1S/C10H20N2O2/c1-4-6-12(3)8-10(14-9-13)7-11-5-2/h4,9-11H,1,5-8H2,2-3H3. The zero-order valence-electron chi connectivity index (χ0n) is 9.03. The molecule has 0 aliphatic heterocycles. The molecule has 0 radical (unpaired) electrons. The van der Waals surface area contributed by atoms with Crippen molar-refractivity contribution in [3.8, 4) is 0 Å². The van der Waals surface area contributed by atoms with E-state index in [2.05, 4.69) is 16.8 Å². The SMILES string of the molecule is C=CCN(C)CC(CNCC)OC=O. The molecule has 1 N–H and O–H groups in total. The second kappa shape index (κ2) is 8.72. The number of ether oxygens (including phenoxy) is 1. The lowest BCUT2D eigenvalue weighted by atomic mass is 10.3. The van der Waals surface area contributed by atoms with Gasteiger partial charge in [-0.2, -0.15) is 0 Å². The van der Waals surface area contributed by atoms with Gasteiger partial charge in [0.15, 0.2) is 0 Å². The Hall–Kier alpha value is -0.870. The maximum Gasteiger partial charge on any atom is 0.293 e. The van der Waals surface area contributed by atoms with Gasteiger partial charge in [0.25, 0.3) is 6.47 Å². The molecule has 0 amide bonds. The summed E-state index contributed by atoms with van der Waals surface area (Å²) in [6.07, 6.45) is 1.74. The summed E-state index contributed by atoms with van der Waals surface area (Å²) < 4.78 is 4.94. The molecule has 1 atom stereocenters. The zero-order chi connectivity index (χ0) is 10.8. The Kier molecular flexibility index (Phi) is 8.17. The average Bonchev–Trinajstić information content (AvgIpc) is 2.15. The van der Waals surface area contributed by atoms with Gasteiger partial charge in [0, 0.05) is 19.6 Å². The van der Waals surface area contributed by atoms with E-state index >= 15 is 0 Å². The Balaban J connectivity index is 3.80. The van der Waals surface area contributed by atoms with Crippen molar-refractivity contribution in [2.75, 3.05) is 33.2 Å². The van der Waals surface area contributed by atoms with Gasteiger partial charge >= 0.3 is 0 Å². The molecule has 0 aromatic heterocycles. The lowest BCUT2D eigenvalue weighted by Gasteiger charge is -2.21. The van der Waals surface area contributed by atoms with Crippen LogP contribution < -0.4 is 5.32 Å². The van der Waals surface area contributed by atoms with E-state index in [9.17, 15) is 4.79 Å². The Morgan fingerprint density at radius 2 is 2.36 bits per heavy atom. The number of hydrogen-bond acceptors (Lipinski definition) is 4. The second-order valence-electron chi connectivity index (χ2n) is 3.17. The van der Waals surface area contributed by atoms with Gasteiger partial charge in [0.05, 0.1) is 0 Å². The molecule has 0 fully saturated rings. The molecular formula is C10H20N2O2. The van der Waals surface area contributed by atoms with Gasteiger partial charge in [-0.1, -0.05) is 13.0 Å².